The number of pyridine rings is 1. The van der Waals surface area contributed by atoms with E-state index in [9.17, 15) is 13.2 Å². The van der Waals surface area contributed by atoms with Crippen LogP contribution in [0.3, 0.4) is 0 Å². The van der Waals surface area contributed by atoms with Crippen LogP contribution in [-0.2, 0) is 6.18 Å². The van der Waals surface area contributed by atoms with Gasteiger partial charge in [-0.2, -0.15) is 13.2 Å². The van der Waals surface area contributed by atoms with Gasteiger partial charge < -0.3 is 5.32 Å². The average molecular weight is 313 g/mol. The molecule has 1 heterocycles. The fraction of sp³-hybridized carbons (Fsp3) is 0.583. The summed E-state index contributed by atoms with van der Waals surface area (Å²) >= 11 is 11.5. The first-order chi connectivity index (χ1) is 8.86. The predicted molar refractivity (Wildman–Crippen MR) is 69.7 cm³/mol. The third-order valence-corrected chi connectivity index (χ3v) is 3.86. The third kappa shape index (κ3) is 3.66. The number of halogens is 5. The Labute approximate surface area is 119 Å². The molecule has 1 aromatic heterocycles. The van der Waals surface area contributed by atoms with Gasteiger partial charge in [0.05, 0.1) is 10.6 Å². The molecule has 1 N–H and O–H groups in total. The van der Waals surface area contributed by atoms with Crippen LogP contribution in [0.4, 0.5) is 19.0 Å². The maximum absolute atomic E-state index is 12.5. The molecule has 0 amide bonds. The Morgan fingerprint density at radius 1 is 1.37 bits per heavy atom. The normalized spacial score (nSPS) is 17.3. The van der Waals surface area contributed by atoms with Crippen molar-refractivity contribution in [1.82, 2.24) is 4.98 Å². The van der Waals surface area contributed by atoms with E-state index in [0.717, 1.165) is 31.5 Å². The van der Waals surface area contributed by atoms with E-state index in [1.165, 1.54) is 0 Å². The first-order valence-corrected chi connectivity index (χ1v) is 6.80. The van der Waals surface area contributed by atoms with Gasteiger partial charge in [0.1, 0.15) is 5.82 Å². The van der Waals surface area contributed by atoms with Gasteiger partial charge in [-0.15, -0.1) is 11.6 Å². The van der Waals surface area contributed by atoms with Crippen LogP contribution >= 0.6 is 23.2 Å². The molecule has 1 aliphatic carbocycles. The molecule has 0 unspecified atom stereocenters. The molecular weight excluding hydrogens is 300 g/mol. The van der Waals surface area contributed by atoms with Gasteiger partial charge in [-0.1, -0.05) is 11.6 Å². The molecule has 1 fully saturated rings. The zero-order valence-corrected chi connectivity index (χ0v) is 11.5. The number of hydrogen-bond acceptors (Lipinski definition) is 2. The Morgan fingerprint density at radius 2 is 2.05 bits per heavy atom. The standard InChI is InChI=1S/C12H13Cl2F3N2/c13-4-3-11(1-2-11)7-19-10-9(14)5-8(6-18-10)12(15,16)17/h5-6H,1-4,7H2,(H,18,19). The summed E-state index contributed by atoms with van der Waals surface area (Å²) in [7, 11) is 0. The second-order valence-corrected chi connectivity index (χ2v) is 5.63. The van der Waals surface area contributed by atoms with Crippen LogP contribution in [0.2, 0.25) is 5.02 Å². The Kier molecular flexibility index (Phi) is 4.16. The molecule has 7 heteroatoms. The third-order valence-electron chi connectivity index (χ3n) is 3.38. The van der Waals surface area contributed by atoms with E-state index in [2.05, 4.69) is 10.3 Å². The predicted octanol–water partition coefficient (Wildman–Crippen LogP) is 4.57. The minimum Gasteiger partial charge on any atom is -0.368 e. The van der Waals surface area contributed by atoms with Crippen LogP contribution in [-0.4, -0.2) is 17.4 Å². The zero-order chi connectivity index (χ0) is 14.1. The first kappa shape index (κ1) is 14.7. The van der Waals surface area contributed by atoms with Crippen LogP contribution in [0.25, 0.3) is 0 Å². The summed E-state index contributed by atoms with van der Waals surface area (Å²) in [4.78, 5) is 3.74. The quantitative estimate of drug-likeness (QED) is 0.805. The van der Waals surface area contributed by atoms with Gasteiger partial charge in [-0.3, -0.25) is 0 Å². The lowest BCUT2D eigenvalue weighted by Crippen LogP contribution is -2.17. The monoisotopic (exact) mass is 312 g/mol. The van der Waals surface area contributed by atoms with Gasteiger partial charge >= 0.3 is 6.18 Å². The molecule has 0 aromatic carbocycles. The number of nitrogens with zero attached hydrogens (tertiary/aromatic N) is 1. The van der Waals surface area contributed by atoms with Gasteiger partial charge in [0.25, 0.3) is 0 Å². The molecule has 0 spiro atoms. The van der Waals surface area contributed by atoms with Crippen LogP contribution in [0.1, 0.15) is 24.8 Å². The van der Waals surface area contributed by atoms with E-state index in [4.69, 9.17) is 23.2 Å². The fourth-order valence-electron chi connectivity index (χ4n) is 1.89. The number of anilines is 1. The van der Waals surface area contributed by atoms with Gasteiger partial charge in [-0.25, -0.2) is 4.98 Å². The fourth-order valence-corrected chi connectivity index (χ4v) is 2.52. The van der Waals surface area contributed by atoms with Gasteiger partial charge in [0, 0.05) is 18.6 Å². The molecule has 1 saturated carbocycles. The second kappa shape index (κ2) is 5.37. The number of aromatic nitrogens is 1. The molecule has 106 valence electrons. The highest BCUT2D eigenvalue weighted by Gasteiger charge is 2.41. The van der Waals surface area contributed by atoms with Gasteiger partial charge in [-0.05, 0) is 30.7 Å². The smallest absolute Gasteiger partial charge is 0.368 e. The SMILES string of the molecule is FC(F)(F)c1cnc(NCC2(CCCl)CC2)c(Cl)c1. The van der Waals surface area contributed by atoms with Crippen LogP contribution in [0, 0.1) is 5.41 Å². The maximum Gasteiger partial charge on any atom is 0.417 e. The molecular formula is C12H13Cl2F3N2. The molecule has 2 rings (SSSR count). The molecule has 1 aliphatic rings. The van der Waals surface area contributed by atoms with E-state index in [0.29, 0.717) is 12.4 Å². The lowest BCUT2D eigenvalue weighted by molar-refractivity contribution is -0.137. The molecule has 0 aliphatic heterocycles. The van der Waals surface area contributed by atoms with E-state index < -0.39 is 11.7 Å². The Bertz CT molecular complexity index is 459. The van der Waals surface area contributed by atoms with Crippen LogP contribution in [0.5, 0.6) is 0 Å². The van der Waals surface area contributed by atoms with Crippen molar-refractivity contribution in [3.63, 3.8) is 0 Å². The van der Waals surface area contributed by atoms with Crippen molar-refractivity contribution in [2.24, 2.45) is 5.41 Å². The largest absolute Gasteiger partial charge is 0.417 e. The molecule has 0 atom stereocenters. The highest BCUT2D eigenvalue weighted by molar-refractivity contribution is 6.32. The van der Waals surface area contributed by atoms with Crippen molar-refractivity contribution in [1.29, 1.82) is 0 Å². The summed E-state index contributed by atoms with van der Waals surface area (Å²) in [5.74, 6) is 0.867. The van der Waals surface area contributed by atoms with Crippen molar-refractivity contribution in [3.05, 3.63) is 22.8 Å². The summed E-state index contributed by atoms with van der Waals surface area (Å²) in [5.41, 5.74) is -0.680. The summed E-state index contributed by atoms with van der Waals surface area (Å²) in [6.07, 6.45) is -0.601. The van der Waals surface area contributed by atoms with Crippen molar-refractivity contribution < 1.29 is 13.2 Å². The van der Waals surface area contributed by atoms with E-state index in [1.807, 2.05) is 0 Å². The highest BCUT2D eigenvalue weighted by atomic mass is 35.5. The number of nitrogens with one attached hydrogen (secondary N) is 1. The number of hydrogen-bond donors (Lipinski definition) is 1. The van der Waals surface area contributed by atoms with E-state index in [1.54, 1.807) is 0 Å². The second-order valence-electron chi connectivity index (χ2n) is 4.84. The average Bonchev–Trinajstić information content (AvgIpc) is 3.07. The van der Waals surface area contributed by atoms with Gasteiger partial charge in [0.15, 0.2) is 0 Å². The molecule has 19 heavy (non-hydrogen) atoms. The van der Waals surface area contributed by atoms with Crippen molar-refractivity contribution in [2.45, 2.75) is 25.4 Å². The van der Waals surface area contributed by atoms with Crippen molar-refractivity contribution >= 4 is 29.0 Å². The number of alkyl halides is 4. The maximum atomic E-state index is 12.5. The van der Waals surface area contributed by atoms with E-state index in [-0.39, 0.29) is 16.3 Å². The summed E-state index contributed by atoms with van der Waals surface area (Å²) < 4.78 is 37.4. The van der Waals surface area contributed by atoms with Crippen LogP contribution in [0.15, 0.2) is 12.3 Å². The van der Waals surface area contributed by atoms with Gasteiger partial charge in [0.2, 0.25) is 0 Å². The Morgan fingerprint density at radius 3 is 2.53 bits per heavy atom. The van der Waals surface area contributed by atoms with Crippen molar-refractivity contribution in [2.75, 3.05) is 17.7 Å². The molecule has 1 aromatic rings. The van der Waals surface area contributed by atoms with E-state index >= 15 is 0 Å². The topological polar surface area (TPSA) is 24.9 Å². The highest BCUT2D eigenvalue weighted by Crippen LogP contribution is 2.49. The first-order valence-electron chi connectivity index (χ1n) is 5.89. The lowest BCUT2D eigenvalue weighted by atomic mass is 10.0. The Balaban J connectivity index is 2.02. The number of rotatable bonds is 5. The van der Waals surface area contributed by atoms with Crippen molar-refractivity contribution in [3.8, 4) is 0 Å². The molecule has 0 bridgehead atoms. The zero-order valence-electron chi connectivity index (χ0n) is 10.0. The minimum atomic E-state index is -4.43. The molecule has 2 nitrogen and oxygen atoms in total. The summed E-state index contributed by atoms with van der Waals surface area (Å²) in [6, 6.07) is 0.887. The minimum absolute atomic E-state index is 0.0171. The lowest BCUT2D eigenvalue weighted by Gasteiger charge is -2.16. The summed E-state index contributed by atoms with van der Waals surface area (Å²) in [6.45, 7) is 0.637. The molecule has 0 saturated heterocycles. The summed E-state index contributed by atoms with van der Waals surface area (Å²) in [5, 5.41) is 2.99. The Hall–Kier alpha value is -0.680. The van der Waals surface area contributed by atoms with Crippen LogP contribution < -0.4 is 5.32 Å². The molecule has 0 radical (unpaired) electrons.